The molecule has 0 radical (unpaired) electrons. The van der Waals surface area contributed by atoms with Gasteiger partial charge in [0.05, 0.1) is 5.69 Å². The van der Waals surface area contributed by atoms with E-state index in [1.807, 2.05) is 38.4 Å². The molecule has 0 aliphatic rings. The van der Waals surface area contributed by atoms with Gasteiger partial charge in [-0.15, -0.1) is 0 Å². The lowest BCUT2D eigenvalue weighted by Gasteiger charge is -2.10. The van der Waals surface area contributed by atoms with Crippen molar-refractivity contribution in [2.45, 2.75) is 6.54 Å². The van der Waals surface area contributed by atoms with Crippen LogP contribution >= 0.6 is 0 Å². The van der Waals surface area contributed by atoms with Crippen LogP contribution in [0.5, 0.6) is 0 Å². The minimum atomic E-state index is -0.241. The lowest BCUT2D eigenvalue weighted by Crippen LogP contribution is -2.11. The van der Waals surface area contributed by atoms with Crippen LogP contribution in [-0.4, -0.2) is 29.0 Å². The van der Waals surface area contributed by atoms with E-state index < -0.39 is 0 Å². The summed E-state index contributed by atoms with van der Waals surface area (Å²) in [7, 11) is 4.04. The number of hydrogen-bond acceptors (Lipinski definition) is 4. The highest BCUT2D eigenvalue weighted by Crippen LogP contribution is 2.16. The van der Waals surface area contributed by atoms with Gasteiger partial charge in [0.25, 0.3) is 5.56 Å². The first-order chi connectivity index (χ1) is 8.54. The average molecular weight is 244 g/mol. The monoisotopic (exact) mass is 244 g/mol. The molecule has 3 N–H and O–H groups in total. The Bertz CT molecular complexity index is 587. The van der Waals surface area contributed by atoms with Crippen LogP contribution in [0.4, 0.5) is 5.95 Å². The first-order valence-corrected chi connectivity index (χ1v) is 5.65. The molecule has 5 heteroatoms. The fourth-order valence-corrected chi connectivity index (χ4v) is 1.77. The second-order valence-electron chi connectivity index (χ2n) is 4.45. The van der Waals surface area contributed by atoms with Gasteiger partial charge in [0.15, 0.2) is 0 Å². The standard InChI is InChI=1S/C13H16N4O/c1-17(2)8-9-3-5-10(6-4-9)11-7-12(18)16-13(14)15-11/h3-7H,8H2,1-2H3,(H3,14,15,16,18). The van der Waals surface area contributed by atoms with Crippen molar-refractivity contribution in [3.8, 4) is 11.3 Å². The quantitative estimate of drug-likeness (QED) is 0.847. The normalized spacial score (nSPS) is 10.8. The minimum absolute atomic E-state index is 0.134. The summed E-state index contributed by atoms with van der Waals surface area (Å²) in [5.41, 5.74) is 7.96. The SMILES string of the molecule is CN(C)Cc1ccc(-c2cc(=O)[nH]c(N)n2)cc1. The summed E-state index contributed by atoms with van der Waals surface area (Å²) in [6.45, 7) is 0.880. The molecule has 18 heavy (non-hydrogen) atoms. The Hall–Kier alpha value is -2.14. The van der Waals surface area contributed by atoms with E-state index >= 15 is 0 Å². The van der Waals surface area contributed by atoms with Gasteiger partial charge in [-0.25, -0.2) is 4.98 Å². The number of hydrogen-bond donors (Lipinski definition) is 2. The molecule has 0 saturated heterocycles. The molecule has 94 valence electrons. The Kier molecular flexibility index (Phi) is 3.43. The first-order valence-electron chi connectivity index (χ1n) is 5.65. The van der Waals surface area contributed by atoms with Crippen LogP contribution in [0.15, 0.2) is 35.1 Å². The number of anilines is 1. The highest BCUT2D eigenvalue weighted by Gasteiger charge is 2.03. The summed E-state index contributed by atoms with van der Waals surface area (Å²) in [6, 6.07) is 9.38. The number of nitrogens with two attached hydrogens (primary N) is 1. The van der Waals surface area contributed by atoms with E-state index in [1.54, 1.807) is 0 Å². The highest BCUT2D eigenvalue weighted by molar-refractivity contribution is 5.59. The van der Waals surface area contributed by atoms with E-state index in [0.29, 0.717) is 5.69 Å². The van der Waals surface area contributed by atoms with Crippen LogP contribution in [-0.2, 0) is 6.54 Å². The van der Waals surface area contributed by atoms with Crippen LogP contribution < -0.4 is 11.3 Å². The lowest BCUT2D eigenvalue weighted by atomic mass is 10.1. The number of benzene rings is 1. The second kappa shape index (κ2) is 5.01. The summed E-state index contributed by atoms with van der Waals surface area (Å²) in [6.07, 6.45) is 0. The van der Waals surface area contributed by atoms with Crippen LogP contribution in [0.25, 0.3) is 11.3 Å². The third-order valence-corrected chi connectivity index (χ3v) is 2.51. The Balaban J connectivity index is 2.31. The maximum Gasteiger partial charge on any atom is 0.252 e. The molecule has 2 aromatic rings. The number of nitrogens with zero attached hydrogens (tertiary/aromatic N) is 2. The van der Waals surface area contributed by atoms with E-state index in [-0.39, 0.29) is 11.5 Å². The molecule has 1 aromatic carbocycles. The third kappa shape index (κ3) is 2.95. The molecule has 0 atom stereocenters. The molecule has 5 nitrogen and oxygen atoms in total. The lowest BCUT2D eigenvalue weighted by molar-refractivity contribution is 0.402. The van der Waals surface area contributed by atoms with Crippen LogP contribution in [0.1, 0.15) is 5.56 Å². The molecule has 2 rings (SSSR count). The molecule has 0 amide bonds. The molecule has 0 fully saturated rings. The summed E-state index contributed by atoms with van der Waals surface area (Å²) in [5, 5.41) is 0. The number of H-pyrrole nitrogens is 1. The van der Waals surface area contributed by atoms with Gasteiger partial charge in [-0.1, -0.05) is 24.3 Å². The fraction of sp³-hybridized carbons (Fsp3) is 0.231. The van der Waals surface area contributed by atoms with Crippen LogP contribution in [0, 0.1) is 0 Å². The van der Waals surface area contributed by atoms with E-state index in [0.717, 1.165) is 12.1 Å². The Labute approximate surface area is 105 Å². The first kappa shape index (κ1) is 12.3. The second-order valence-corrected chi connectivity index (χ2v) is 4.45. The van der Waals surface area contributed by atoms with Crippen molar-refractivity contribution in [2.24, 2.45) is 0 Å². The third-order valence-electron chi connectivity index (χ3n) is 2.51. The van der Waals surface area contributed by atoms with Gasteiger partial charge < -0.3 is 10.6 Å². The van der Waals surface area contributed by atoms with Crippen molar-refractivity contribution in [3.63, 3.8) is 0 Å². The van der Waals surface area contributed by atoms with Crippen molar-refractivity contribution in [2.75, 3.05) is 19.8 Å². The Morgan fingerprint density at radius 2 is 1.94 bits per heavy atom. The molecule has 1 aromatic heterocycles. The zero-order valence-corrected chi connectivity index (χ0v) is 10.5. The Morgan fingerprint density at radius 1 is 1.28 bits per heavy atom. The van der Waals surface area contributed by atoms with Gasteiger partial charge in [0.2, 0.25) is 5.95 Å². The van der Waals surface area contributed by atoms with Crippen molar-refractivity contribution in [1.29, 1.82) is 0 Å². The zero-order chi connectivity index (χ0) is 13.1. The van der Waals surface area contributed by atoms with Gasteiger partial charge >= 0.3 is 0 Å². The highest BCUT2D eigenvalue weighted by atomic mass is 16.1. The maximum absolute atomic E-state index is 11.3. The summed E-state index contributed by atoms with van der Waals surface area (Å²) < 4.78 is 0. The van der Waals surface area contributed by atoms with Crippen molar-refractivity contribution < 1.29 is 0 Å². The molecule has 0 saturated carbocycles. The topological polar surface area (TPSA) is 75.0 Å². The molecule has 1 heterocycles. The molecule has 0 bridgehead atoms. The largest absolute Gasteiger partial charge is 0.369 e. The number of aromatic nitrogens is 2. The molecule has 0 aliphatic heterocycles. The Morgan fingerprint density at radius 3 is 2.50 bits per heavy atom. The van der Waals surface area contributed by atoms with Crippen molar-refractivity contribution >= 4 is 5.95 Å². The van der Waals surface area contributed by atoms with E-state index in [4.69, 9.17) is 5.73 Å². The molecule has 0 unspecified atom stereocenters. The molecule has 0 spiro atoms. The van der Waals surface area contributed by atoms with Gasteiger partial charge in [-0.2, -0.15) is 0 Å². The molecular weight excluding hydrogens is 228 g/mol. The van der Waals surface area contributed by atoms with Crippen molar-refractivity contribution in [1.82, 2.24) is 14.9 Å². The summed E-state index contributed by atoms with van der Waals surface area (Å²) in [4.78, 5) is 19.9. The van der Waals surface area contributed by atoms with Gasteiger partial charge in [0, 0.05) is 18.2 Å². The predicted molar refractivity (Wildman–Crippen MR) is 72.1 cm³/mol. The van der Waals surface area contributed by atoms with Gasteiger partial charge in [0.1, 0.15) is 0 Å². The number of nitrogen functional groups attached to an aromatic ring is 1. The smallest absolute Gasteiger partial charge is 0.252 e. The number of aromatic amines is 1. The number of nitrogens with one attached hydrogen (secondary N) is 1. The van der Waals surface area contributed by atoms with Gasteiger partial charge in [-0.3, -0.25) is 9.78 Å². The summed E-state index contributed by atoms with van der Waals surface area (Å²) in [5.74, 6) is 0.134. The molecule has 0 aliphatic carbocycles. The van der Waals surface area contributed by atoms with Gasteiger partial charge in [-0.05, 0) is 19.7 Å². The van der Waals surface area contributed by atoms with Crippen LogP contribution in [0.2, 0.25) is 0 Å². The van der Waals surface area contributed by atoms with E-state index in [2.05, 4.69) is 14.9 Å². The summed E-state index contributed by atoms with van der Waals surface area (Å²) >= 11 is 0. The predicted octanol–water partition coefficient (Wildman–Crippen LogP) is 1.08. The fourth-order valence-electron chi connectivity index (χ4n) is 1.77. The minimum Gasteiger partial charge on any atom is -0.369 e. The van der Waals surface area contributed by atoms with Crippen LogP contribution in [0.3, 0.4) is 0 Å². The van der Waals surface area contributed by atoms with E-state index in [1.165, 1.54) is 11.6 Å². The molecular formula is C13H16N4O. The average Bonchev–Trinajstić information content (AvgIpc) is 2.27. The maximum atomic E-state index is 11.3. The zero-order valence-electron chi connectivity index (χ0n) is 10.5. The number of rotatable bonds is 3. The van der Waals surface area contributed by atoms with E-state index in [9.17, 15) is 4.79 Å². The van der Waals surface area contributed by atoms with Crippen molar-refractivity contribution in [3.05, 3.63) is 46.2 Å².